The lowest BCUT2D eigenvalue weighted by molar-refractivity contribution is -0.120. The first-order valence-electron chi connectivity index (χ1n) is 5.64. The average Bonchev–Trinajstić information content (AvgIpc) is 2.36. The highest BCUT2D eigenvalue weighted by Crippen LogP contribution is 2.08. The maximum atomic E-state index is 11.8. The van der Waals surface area contributed by atoms with Gasteiger partial charge in [0, 0.05) is 12.2 Å². The second-order valence-electron chi connectivity index (χ2n) is 3.78. The average molecular weight is 235 g/mol. The van der Waals surface area contributed by atoms with Crippen molar-refractivity contribution in [3.8, 4) is 0 Å². The Bertz CT molecular complexity index is 367. The second kappa shape index (κ2) is 6.62. The van der Waals surface area contributed by atoms with Crippen LogP contribution >= 0.6 is 0 Å². The summed E-state index contributed by atoms with van der Waals surface area (Å²) in [4.78, 5) is 22.4. The Balaban J connectivity index is 2.60. The third kappa shape index (κ3) is 3.86. The molecule has 0 heterocycles. The Morgan fingerprint density at radius 3 is 2.59 bits per heavy atom. The van der Waals surface area contributed by atoms with Crippen LogP contribution in [0.15, 0.2) is 35.6 Å². The summed E-state index contributed by atoms with van der Waals surface area (Å²) in [5.74, 6) is -0.232. The zero-order valence-corrected chi connectivity index (χ0v) is 10.1. The van der Waals surface area contributed by atoms with Crippen LogP contribution in [0.5, 0.6) is 0 Å². The summed E-state index contributed by atoms with van der Waals surface area (Å²) < 4.78 is 0. The Hall–Kier alpha value is -1.91. The van der Waals surface area contributed by atoms with E-state index in [9.17, 15) is 9.70 Å². The van der Waals surface area contributed by atoms with Crippen LogP contribution in [0.3, 0.4) is 0 Å². The standard InChI is InChI=1S/C12H17N3O2/c1-3-9-15(14-17)10(2)12(16)13-11-7-5-4-6-8-11/h4-8,10H,3,9H2,1-2H3,(H,13,16). The number of anilines is 1. The number of nitrogens with one attached hydrogen (secondary N) is 1. The van der Waals surface area contributed by atoms with E-state index in [1.54, 1.807) is 19.1 Å². The van der Waals surface area contributed by atoms with Gasteiger partial charge in [-0.15, -0.1) is 4.91 Å². The van der Waals surface area contributed by atoms with Gasteiger partial charge in [0.05, 0.1) is 5.29 Å². The van der Waals surface area contributed by atoms with Gasteiger partial charge >= 0.3 is 0 Å². The molecular weight excluding hydrogens is 218 g/mol. The molecule has 0 saturated carbocycles. The molecule has 0 aliphatic rings. The van der Waals surface area contributed by atoms with Gasteiger partial charge in [0.2, 0.25) is 5.91 Å². The molecule has 0 fully saturated rings. The van der Waals surface area contributed by atoms with Crippen molar-refractivity contribution in [3.05, 3.63) is 35.2 Å². The molecule has 1 rings (SSSR count). The summed E-state index contributed by atoms with van der Waals surface area (Å²) in [5, 5.41) is 6.85. The first-order chi connectivity index (χ1) is 8.19. The minimum absolute atomic E-state index is 0.232. The summed E-state index contributed by atoms with van der Waals surface area (Å²) in [5.41, 5.74) is 0.715. The number of hydrogen-bond donors (Lipinski definition) is 1. The van der Waals surface area contributed by atoms with Gasteiger partial charge < -0.3 is 5.32 Å². The van der Waals surface area contributed by atoms with Gasteiger partial charge in [0.15, 0.2) is 0 Å². The number of benzene rings is 1. The predicted octanol–water partition coefficient (Wildman–Crippen LogP) is 2.41. The Kier molecular flexibility index (Phi) is 5.13. The molecule has 1 aromatic rings. The fraction of sp³-hybridized carbons (Fsp3) is 0.417. The molecule has 0 bridgehead atoms. The van der Waals surface area contributed by atoms with Crippen molar-refractivity contribution in [2.24, 2.45) is 5.29 Å². The molecule has 5 heteroatoms. The van der Waals surface area contributed by atoms with E-state index in [0.717, 1.165) is 6.42 Å². The molecule has 0 aliphatic carbocycles. The van der Waals surface area contributed by atoms with Crippen molar-refractivity contribution >= 4 is 11.6 Å². The maximum Gasteiger partial charge on any atom is 0.248 e. The highest BCUT2D eigenvalue weighted by Gasteiger charge is 2.20. The first-order valence-corrected chi connectivity index (χ1v) is 5.64. The minimum Gasteiger partial charge on any atom is -0.324 e. The van der Waals surface area contributed by atoms with Crippen molar-refractivity contribution in [1.29, 1.82) is 0 Å². The lowest BCUT2D eigenvalue weighted by Gasteiger charge is -2.21. The van der Waals surface area contributed by atoms with Crippen LogP contribution in [0, 0.1) is 4.91 Å². The number of nitroso groups, excluding NO2 is 1. The summed E-state index contributed by atoms with van der Waals surface area (Å²) >= 11 is 0. The van der Waals surface area contributed by atoms with E-state index in [1.165, 1.54) is 5.01 Å². The van der Waals surface area contributed by atoms with Crippen molar-refractivity contribution in [3.63, 3.8) is 0 Å². The molecule has 0 saturated heterocycles. The molecule has 1 unspecified atom stereocenters. The minimum atomic E-state index is -0.562. The van der Waals surface area contributed by atoms with Crippen LogP contribution in [-0.4, -0.2) is 23.5 Å². The van der Waals surface area contributed by atoms with Gasteiger partial charge in [0.25, 0.3) is 0 Å². The second-order valence-corrected chi connectivity index (χ2v) is 3.78. The summed E-state index contributed by atoms with van der Waals surface area (Å²) in [7, 11) is 0. The SMILES string of the molecule is CCCN(N=O)C(C)C(=O)Nc1ccccc1. The van der Waals surface area contributed by atoms with Crippen LogP contribution in [0.25, 0.3) is 0 Å². The topological polar surface area (TPSA) is 61.8 Å². The Labute approximate surface area is 101 Å². The molecule has 1 aromatic carbocycles. The highest BCUT2D eigenvalue weighted by atomic mass is 16.3. The van der Waals surface area contributed by atoms with Crippen LogP contribution < -0.4 is 5.32 Å². The Morgan fingerprint density at radius 2 is 2.06 bits per heavy atom. The fourth-order valence-electron chi connectivity index (χ4n) is 1.44. The number of carbonyl (C=O) groups is 1. The van der Waals surface area contributed by atoms with Gasteiger partial charge in [-0.1, -0.05) is 25.1 Å². The van der Waals surface area contributed by atoms with Gasteiger partial charge in [-0.25, -0.2) is 5.01 Å². The molecule has 0 aromatic heterocycles. The van der Waals surface area contributed by atoms with E-state index in [-0.39, 0.29) is 5.91 Å². The van der Waals surface area contributed by atoms with E-state index in [4.69, 9.17) is 0 Å². The molecule has 1 amide bonds. The van der Waals surface area contributed by atoms with Crippen LogP contribution in [0.2, 0.25) is 0 Å². The van der Waals surface area contributed by atoms with E-state index in [2.05, 4.69) is 10.6 Å². The number of para-hydroxylation sites is 1. The van der Waals surface area contributed by atoms with Crippen molar-refractivity contribution in [2.45, 2.75) is 26.3 Å². The lowest BCUT2D eigenvalue weighted by Crippen LogP contribution is -2.39. The number of hydrogen-bond acceptors (Lipinski definition) is 3. The third-order valence-corrected chi connectivity index (χ3v) is 2.43. The molecule has 5 nitrogen and oxygen atoms in total. The zero-order valence-electron chi connectivity index (χ0n) is 10.1. The molecule has 1 atom stereocenters. The lowest BCUT2D eigenvalue weighted by atomic mass is 10.2. The maximum absolute atomic E-state index is 11.8. The summed E-state index contributed by atoms with van der Waals surface area (Å²) in [6, 6.07) is 8.57. The van der Waals surface area contributed by atoms with Crippen LogP contribution in [-0.2, 0) is 4.79 Å². The number of rotatable bonds is 6. The number of amides is 1. The molecule has 92 valence electrons. The van der Waals surface area contributed by atoms with Gasteiger partial charge in [-0.2, -0.15) is 0 Å². The van der Waals surface area contributed by atoms with E-state index in [0.29, 0.717) is 12.2 Å². The van der Waals surface area contributed by atoms with Crippen molar-refractivity contribution < 1.29 is 4.79 Å². The van der Waals surface area contributed by atoms with Crippen molar-refractivity contribution in [2.75, 3.05) is 11.9 Å². The smallest absolute Gasteiger partial charge is 0.248 e. The monoisotopic (exact) mass is 235 g/mol. The number of nitrogens with zero attached hydrogens (tertiary/aromatic N) is 2. The normalized spacial score (nSPS) is 11.6. The van der Waals surface area contributed by atoms with Gasteiger partial charge in [-0.3, -0.25) is 4.79 Å². The van der Waals surface area contributed by atoms with Crippen molar-refractivity contribution in [1.82, 2.24) is 5.01 Å². The Morgan fingerprint density at radius 1 is 1.41 bits per heavy atom. The molecule has 1 N–H and O–H groups in total. The van der Waals surface area contributed by atoms with Gasteiger partial charge in [0.1, 0.15) is 6.04 Å². The van der Waals surface area contributed by atoms with Crippen LogP contribution in [0.1, 0.15) is 20.3 Å². The zero-order chi connectivity index (χ0) is 12.7. The molecule has 17 heavy (non-hydrogen) atoms. The van der Waals surface area contributed by atoms with Gasteiger partial charge in [-0.05, 0) is 25.5 Å². The largest absolute Gasteiger partial charge is 0.324 e. The quantitative estimate of drug-likeness (QED) is 0.608. The van der Waals surface area contributed by atoms with E-state index >= 15 is 0 Å². The predicted molar refractivity (Wildman–Crippen MR) is 67.3 cm³/mol. The fourth-order valence-corrected chi connectivity index (χ4v) is 1.44. The molecular formula is C12H17N3O2. The molecule has 0 radical (unpaired) electrons. The number of carbonyl (C=O) groups excluding carboxylic acids is 1. The third-order valence-electron chi connectivity index (χ3n) is 2.43. The first kappa shape index (κ1) is 13.2. The van der Waals surface area contributed by atoms with E-state index in [1.807, 2.05) is 25.1 Å². The van der Waals surface area contributed by atoms with Crippen LogP contribution in [0.4, 0.5) is 5.69 Å². The highest BCUT2D eigenvalue weighted by molar-refractivity contribution is 5.94. The van der Waals surface area contributed by atoms with E-state index < -0.39 is 6.04 Å². The summed E-state index contributed by atoms with van der Waals surface area (Å²) in [6.07, 6.45) is 0.773. The molecule has 0 aliphatic heterocycles. The molecule has 0 spiro atoms. The summed E-state index contributed by atoms with van der Waals surface area (Å²) in [6.45, 7) is 4.07.